The smallest absolute Gasteiger partial charge is 0.308 e. The number of hydrogen-bond donors (Lipinski definition) is 2. The van der Waals surface area contributed by atoms with Crippen LogP contribution in [0.2, 0.25) is 0 Å². The molecule has 0 amide bonds. The maximum absolute atomic E-state index is 11.2. The quantitative estimate of drug-likeness (QED) is 0.190. The number of hydrogen-bond acceptors (Lipinski definition) is 10. The molecule has 12 heteroatoms. The average molecular weight is 354 g/mol. The van der Waals surface area contributed by atoms with Gasteiger partial charge in [-0.05, 0) is 6.07 Å². The van der Waals surface area contributed by atoms with Crippen LogP contribution in [0.4, 0.5) is 0 Å². The number of rotatable bonds is 6. The van der Waals surface area contributed by atoms with Crippen LogP contribution in [0, 0.1) is 0 Å². The van der Waals surface area contributed by atoms with Gasteiger partial charge >= 0.3 is 11.9 Å². The second kappa shape index (κ2) is 7.53. The standard InChI is InChI=1S/C10H10O10S2/c1-5(11)17-8-3-7(22(14,15)16)4-9(21-20-19-13)10(8)18-6(2)12/h3-4,13H,1-2H3,(H,14,15,16). The molecule has 0 aliphatic heterocycles. The Morgan fingerprint density at radius 2 is 1.73 bits per heavy atom. The van der Waals surface area contributed by atoms with Crippen LogP contribution < -0.4 is 9.47 Å². The van der Waals surface area contributed by atoms with Gasteiger partial charge in [-0.3, -0.25) is 14.1 Å². The highest BCUT2D eigenvalue weighted by Gasteiger charge is 2.23. The third-order valence-electron chi connectivity index (χ3n) is 1.95. The Hall–Kier alpha value is -1.70. The second-order valence-electron chi connectivity index (χ2n) is 3.64. The fourth-order valence-corrected chi connectivity index (χ4v) is 2.38. The maximum Gasteiger partial charge on any atom is 0.308 e. The van der Waals surface area contributed by atoms with Crippen LogP contribution in [0.15, 0.2) is 21.9 Å². The lowest BCUT2D eigenvalue weighted by atomic mass is 10.3. The molecule has 0 aliphatic carbocycles. The van der Waals surface area contributed by atoms with Gasteiger partial charge in [0, 0.05) is 19.9 Å². The van der Waals surface area contributed by atoms with Crippen LogP contribution >= 0.6 is 12.0 Å². The third-order valence-corrected chi connectivity index (χ3v) is 3.39. The topological polar surface area (TPSA) is 146 Å². The molecule has 10 nitrogen and oxygen atoms in total. The molecule has 1 aromatic carbocycles. The summed E-state index contributed by atoms with van der Waals surface area (Å²) in [7, 11) is -4.66. The van der Waals surface area contributed by atoms with Crippen molar-refractivity contribution in [2.75, 3.05) is 0 Å². The zero-order chi connectivity index (χ0) is 16.9. The monoisotopic (exact) mass is 354 g/mol. The van der Waals surface area contributed by atoms with E-state index in [9.17, 15) is 18.0 Å². The van der Waals surface area contributed by atoms with Crippen molar-refractivity contribution in [2.24, 2.45) is 0 Å². The third kappa shape index (κ3) is 5.25. The number of ether oxygens (including phenoxy) is 2. The van der Waals surface area contributed by atoms with Crippen LogP contribution in [-0.2, 0) is 29.1 Å². The average Bonchev–Trinajstić information content (AvgIpc) is 2.36. The first kappa shape index (κ1) is 18.3. The van der Waals surface area contributed by atoms with Crippen LogP contribution in [0.25, 0.3) is 0 Å². The summed E-state index contributed by atoms with van der Waals surface area (Å²) in [5.41, 5.74) is 0. The fourth-order valence-electron chi connectivity index (χ4n) is 1.29. The van der Waals surface area contributed by atoms with E-state index >= 15 is 0 Å². The minimum absolute atomic E-state index is 0.226. The van der Waals surface area contributed by atoms with Crippen LogP contribution in [-0.4, -0.2) is 30.2 Å². The Bertz CT molecular complexity index is 681. The highest BCUT2D eigenvalue weighted by molar-refractivity contribution is 7.94. The predicted octanol–water partition coefficient (Wildman–Crippen LogP) is 1.21. The molecule has 0 saturated carbocycles. The summed E-state index contributed by atoms with van der Waals surface area (Å²) < 4.78 is 45.2. The van der Waals surface area contributed by atoms with Gasteiger partial charge in [0.05, 0.1) is 21.8 Å². The van der Waals surface area contributed by atoms with Gasteiger partial charge in [-0.15, -0.1) is 4.33 Å². The molecule has 0 unspecified atom stereocenters. The van der Waals surface area contributed by atoms with E-state index in [0.717, 1.165) is 26.0 Å². The van der Waals surface area contributed by atoms with E-state index < -0.39 is 32.7 Å². The minimum Gasteiger partial charge on any atom is -0.423 e. The molecule has 0 spiro atoms. The van der Waals surface area contributed by atoms with E-state index in [1.807, 2.05) is 0 Å². The normalized spacial score (nSPS) is 11.1. The first-order valence-corrected chi connectivity index (χ1v) is 7.50. The molecule has 122 valence electrons. The van der Waals surface area contributed by atoms with Crippen molar-refractivity contribution in [1.82, 2.24) is 0 Å². The van der Waals surface area contributed by atoms with E-state index in [1.165, 1.54) is 0 Å². The molecule has 1 aromatic rings. The first-order chi connectivity index (χ1) is 10.1. The number of benzene rings is 1. The zero-order valence-electron chi connectivity index (χ0n) is 11.1. The van der Waals surface area contributed by atoms with Gasteiger partial charge in [0.15, 0.2) is 11.5 Å². The summed E-state index contributed by atoms with van der Waals surface area (Å²) in [5.74, 6) is -2.46. The Morgan fingerprint density at radius 1 is 1.14 bits per heavy atom. The highest BCUT2D eigenvalue weighted by Crippen LogP contribution is 2.41. The lowest BCUT2D eigenvalue weighted by molar-refractivity contribution is -0.432. The number of carbonyl (C=O) groups excluding carboxylic acids is 2. The van der Waals surface area contributed by atoms with E-state index in [1.54, 1.807) is 0 Å². The van der Waals surface area contributed by atoms with Gasteiger partial charge in [0.1, 0.15) is 0 Å². The largest absolute Gasteiger partial charge is 0.423 e. The van der Waals surface area contributed by atoms with E-state index in [4.69, 9.17) is 19.3 Å². The van der Waals surface area contributed by atoms with Crippen molar-refractivity contribution in [2.45, 2.75) is 23.6 Å². The summed E-state index contributed by atoms with van der Waals surface area (Å²) in [6, 6.07) is 1.63. The summed E-state index contributed by atoms with van der Waals surface area (Å²) in [5, 5.41) is 11.5. The van der Waals surface area contributed by atoms with Gasteiger partial charge in [0.25, 0.3) is 10.1 Å². The molecule has 2 N–H and O–H groups in total. The Kier molecular flexibility index (Phi) is 6.28. The molecular weight excluding hydrogens is 344 g/mol. The molecule has 1 rings (SSSR count). The van der Waals surface area contributed by atoms with E-state index in [2.05, 4.69) is 9.37 Å². The molecule has 0 heterocycles. The Morgan fingerprint density at radius 3 is 2.18 bits per heavy atom. The van der Waals surface area contributed by atoms with Crippen molar-refractivity contribution in [3.63, 3.8) is 0 Å². The summed E-state index contributed by atoms with van der Waals surface area (Å²) in [6.45, 7) is 2.07. The van der Waals surface area contributed by atoms with Gasteiger partial charge in [-0.2, -0.15) is 8.42 Å². The van der Waals surface area contributed by atoms with Crippen molar-refractivity contribution in [3.8, 4) is 11.5 Å². The van der Waals surface area contributed by atoms with E-state index in [0.29, 0.717) is 0 Å². The van der Waals surface area contributed by atoms with Crippen molar-refractivity contribution in [1.29, 1.82) is 0 Å². The Labute approximate surface area is 128 Å². The van der Waals surface area contributed by atoms with Crippen molar-refractivity contribution < 1.29 is 46.7 Å². The van der Waals surface area contributed by atoms with Crippen LogP contribution in [0.5, 0.6) is 11.5 Å². The predicted molar refractivity (Wildman–Crippen MR) is 69.5 cm³/mol. The first-order valence-electron chi connectivity index (χ1n) is 5.32. The number of carbonyl (C=O) groups is 2. The van der Waals surface area contributed by atoms with Crippen LogP contribution in [0.3, 0.4) is 0 Å². The van der Waals surface area contributed by atoms with E-state index in [-0.39, 0.29) is 22.7 Å². The zero-order valence-corrected chi connectivity index (χ0v) is 12.8. The van der Waals surface area contributed by atoms with Gasteiger partial charge in [-0.25, -0.2) is 5.26 Å². The van der Waals surface area contributed by atoms with Gasteiger partial charge in [0.2, 0.25) is 0 Å². The molecule has 0 saturated heterocycles. The molecule has 0 bridgehead atoms. The summed E-state index contributed by atoms with van der Waals surface area (Å²) in [4.78, 5) is 21.3. The van der Waals surface area contributed by atoms with Crippen LogP contribution in [0.1, 0.15) is 13.8 Å². The Balaban J connectivity index is 3.52. The molecule has 0 aliphatic rings. The lowest BCUT2D eigenvalue weighted by Gasteiger charge is -2.13. The maximum atomic E-state index is 11.2. The molecule has 22 heavy (non-hydrogen) atoms. The number of esters is 2. The summed E-state index contributed by atoms with van der Waals surface area (Å²) >= 11 is 0.244. The molecule has 0 atom stereocenters. The van der Waals surface area contributed by atoms with Crippen molar-refractivity contribution in [3.05, 3.63) is 12.1 Å². The SMILES string of the molecule is CC(=O)Oc1cc(S(=O)(=O)O)cc(SOOO)c1OC(C)=O. The molecular formula is C10H10O10S2. The molecule has 0 aromatic heterocycles. The van der Waals surface area contributed by atoms with Crippen molar-refractivity contribution >= 4 is 34.1 Å². The second-order valence-corrected chi connectivity index (χ2v) is 5.80. The summed E-state index contributed by atoms with van der Waals surface area (Å²) in [6.07, 6.45) is 0. The minimum atomic E-state index is -4.66. The highest BCUT2D eigenvalue weighted by atomic mass is 32.2. The van der Waals surface area contributed by atoms with Gasteiger partial charge < -0.3 is 9.47 Å². The molecule has 0 radical (unpaired) electrons. The van der Waals surface area contributed by atoms with Gasteiger partial charge in [-0.1, -0.05) is 5.04 Å². The fraction of sp³-hybridized carbons (Fsp3) is 0.200. The molecule has 0 fully saturated rings. The lowest BCUT2D eigenvalue weighted by Crippen LogP contribution is -2.10.